The number of carbonyl (C=O) groups excluding carboxylic acids is 1. The third kappa shape index (κ3) is 3.24. The van der Waals surface area contributed by atoms with Gasteiger partial charge in [-0.05, 0) is 35.4 Å². The average Bonchev–Trinajstić information content (AvgIpc) is 3.06. The number of H-pyrrole nitrogens is 1. The lowest BCUT2D eigenvalue weighted by atomic mass is 10.0. The van der Waals surface area contributed by atoms with Crippen molar-refractivity contribution in [3.63, 3.8) is 0 Å². The van der Waals surface area contributed by atoms with E-state index in [1.807, 2.05) is 49.4 Å². The Morgan fingerprint density at radius 1 is 1.04 bits per heavy atom. The van der Waals surface area contributed by atoms with E-state index in [9.17, 15) is 4.79 Å². The van der Waals surface area contributed by atoms with Gasteiger partial charge < -0.3 is 10.3 Å². The highest BCUT2D eigenvalue weighted by Crippen LogP contribution is 2.17. The van der Waals surface area contributed by atoms with Crippen molar-refractivity contribution in [3.8, 4) is 0 Å². The first kappa shape index (κ1) is 15.4. The van der Waals surface area contributed by atoms with E-state index in [-0.39, 0.29) is 11.9 Å². The van der Waals surface area contributed by atoms with Gasteiger partial charge in [-0.1, -0.05) is 54.6 Å². The number of aromatic nitrogens is 2. The summed E-state index contributed by atoms with van der Waals surface area (Å²) in [4.78, 5) is 20.2. The summed E-state index contributed by atoms with van der Waals surface area (Å²) >= 11 is 0. The summed E-state index contributed by atoms with van der Waals surface area (Å²) in [5, 5.41) is 5.35. The van der Waals surface area contributed by atoms with Crippen LogP contribution >= 0.6 is 0 Å². The fourth-order valence-corrected chi connectivity index (χ4v) is 3.07. The van der Waals surface area contributed by atoms with Crippen molar-refractivity contribution in [2.75, 3.05) is 0 Å². The Morgan fingerprint density at radius 2 is 1.80 bits per heavy atom. The number of nitrogens with one attached hydrogen (secondary N) is 2. The van der Waals surface area contributed by atoms with Crippen LogP contribution < -0.4 is 5.32 Å². The molecular formula is C21H19N3O. The van der Waals surface area contributed by atoms with E-state index in [1.165, 1.54) is 5.39 Å². The van der Waals surface area contributed by atoms with Gasteiger partial charge in [0, 0.05) is 0 Å². The van der Waals surface area contributed by atoms with Gasteiger partial charge in [-0.15, -0.1) is 0 Å². The van der Waals surface area contributed by atoms with E-state index in [2.05, 4.69) is 39.6 Å². The second kappa shape index (κ2) is 6.40. The highest BCUT2D eigenvalue weighted by molar-refractivity contribution is 5.85. The summed E-state index contributed by atoms with van der Waals surface area (Å²) in [5.74, 6) is 0.760. The number of hydrogen-bond acceptors (Lipinski definition) is 2. The second-order valence-electron chi connectivity index (χ2n) is 6.29. The highest BCUT2D eigenvalue weighted by Gasteiger charge is 2.14. The van der Waals surface area contributed by atoms with Crippen LogP contribution in [0.3, 0.4) is 0 Å². The summed E-state index contributed by atoms with van der Waals surface area (Å²) in [6.45, 7) is 1.94. The maximum Gasteiger partial charge on any atom is 0.224 e. The van der Waals surface area contributed by atoms with E-state index in [1.54, 1.807) is 0 Å². The van der Waals surface area contributed by atoms with Crippen LogP contribution in [0.25, 0.3) is 21.8 Å². The van der Waals surface area contributed by atoms with Crippen LogP contribution in [-0.2, 0) is 11.2 Å². The summed E-state index contributed by atoms with van der Waals surface area (Å²) < 4.78 is 0. The van der Waals surface area contributed by atoms with Crippen molar-refractivity contribution in [1.29, 1.82) is 0 Å². The Balaban J connectivity index is 1.46. The highest BCUT2D eigenvalue weighted by atomic mass is 16.1. The molecule has 1 heterocycles. The van der Waals surface area contributed by atoms with Gasteiger partial charge in [0.15, 0.2) is 0 Å². The molecule has 0 bridgehead atoms. The molecule has 1 atom stereocenters. The maximum atomic E-state index is 12.4. The molecule has 0 fully saturated rings. The molecule has 4 heteroatoms. The molecule has 4 nitrogen and oxygen atoms in total. The van der Waals surface area contributed by atoms with Crippen molar-refractivity contribution in [2.24, 2.45) is 0 Å². The number of rotatable bonds is 4. The van der Waals surface area contributed by atoms with Crippen molar-refractivity contribution in [3.05, 3.63) is 78.1 Å². The SMILES string of the molecule is C[C@@H](NC(=O)Cc1ccc2ccccc2c1)c1nc2ccccc2[nH]1. The summed E-state index contributed by atoms with van der Waals surface area (Å²) in [6, 6.07) is 22.0. The molecule has 0 radical (unpaired) electrons. The molecule has 4 aromatic rings. The fraction of sp³-hybridized carbons (Fsp3) is 0.143. The zero-order valence-electron chi connectivity index (χ0n) is 14.0. The Morgan fingerprint density at radius 3 is 2.64 bits per heavy atom. The van der Waals surface area contributed by atoms with Crippen molar-refractivity contribution in [1.82, 2.24) is 15.3 Å². The van der Waals surface area contributed by atoms with Gasteiger partial charge in [-0.3, -0.25) is 4.79 Å². The summed E-state index contributed by atoms with van der Waals surface area (Å²) in [7, 11) is 0. The minimum absolute atomic E-state index is 0.0109. The molecule has 0 saturated heterocycles. The normalized spacial score (nSPS) is 12.4. The fourth-order valence-electron chi connectivity index (χ4n) is 3.07. The van der Waals surface area contributed by atoms with Gasteiger partial charge in [0.2, 0.25) is 5.91 Å². The van der Waals surface area contributed by atoms with E-state index >= 15 is 0 Å². The molecule has 1 aromatic heterocycles. The summed E-state index contributed by atoms with van der Waals surface area (Å²) in [5.41, 5.74) is 2.90. The van der Waals surface area contributed by atoms with Crippen LogP contribution in [-0.4, -0.2) is 15.9 Å². The lowest BCUT2D eigenvalue weighted by molar-refractivity contribution is -0.121. The molecule has 1 amide bonds. The standard InChI is InChI=1S/C21H19N3O/c1-14(21-23-18-8-4-5-9-19(18)24-21)22-20(25)13-15-10-11-16-6-2-3-7-17(16)12-15/h2-12,14H,13H2,1H3,(H,22,25)(H,23,24)/t14-/m1/s1. The van der Waals surface area contributed by atoms with Crippen LogP contribution in [0.4, 0.5) is 0 Å². The van der Waals surface area contributed by atoms with Gasteiger partial charge in [0.25, 0.3) is 0 Å². The molecule has 0 saturated carbocycles. The van der Waals surface area contributed by atoms with E-state index < -0.39 is 0 Å². The van der Waals surface area contributed by atoms with Crippen LogP contribution in [0.15, 0.2) is 66.7 Å². The van der Waals surface area contributed by atoms with Gasteiger partial charge in [-0.25, -0.2) is 4.98 Å². The van der Waals surface area contributed by atoms with Crippen LogP contribution in [0.2, 0.25) is 0 Å². The Kier molecular flexibility index (Phi) is 3.94. The van der Waals surface area contributed by atoms with Gasteiger partial charge in [0.05, 0.1) is 23.5 Å². The molecule has 4 rings (SSSR count). The van der Waals surface area contributed by atoms with E-state index in [0.29, 0.717) is 6.42 Å². The third-order valence-corrected chi connectivity index (χ3v) is 4.37. The van der Waals surface area contributed by atoms with Crippen LogP contribution in [0, 0.1) is 0 Å². The number of imidazole rings is 1. The van der Waals surface area contributed by atoms with Gasteiger partial charge in [-0.2, -0.15) is 0 Å². The maximum absolute atomic E-state index is 12.4. The predicted octanol–water partition coefficient (Wildman–Crippen LogP) is 4.14. The molecule has 124 valence electrons. The molecule has 0 spiro atoms. The number of fused-ring (bicyclic) bond motifs is 2. The van der Waals surface area contributed by atoms with E-state index in [0.717, 1.165) is 27.8 Å². The minimum Gasteiger partial charge on any atom is -0.346 e. The molecule has 3 aromatic carbocycles. The number of para-hydroxylation sites is 2. The number of hydrogen-bond donors (Lipinski definition) is 2. The van der Waals surface area contributed by atoms with E-state index in [4.69, 9.17) is 0 Å². The lowest BCUT2D eigenvalue weighted by Gasteiger charge is -2.11. The van der Waals surface area contributed by atoms with Crippen molar-refractivity contribution in [2.45, 2.75) is 19.4 Å². The molecular weight excluding hydrogens is 310 g/mol. The molecule has 25 heavy (non-hydrogen) atoms. The molecule has 0 unspecified atom stereocenters. The zero-order valence-corrected chi connectivity index (χ0v) is 14.0. The minimum atomic E-state index is -0.166. The number of aromatic amines is 1. The Labute approximate surface area is 145 Å². The largest absolute Gasteiger partial charge is 0.346 e. The Bertz CT molecular complexity index is 1020. The monoisotopic (exact) mass is 329 g/mol. The van der Waals surface area contributed by atoms with Gasteiger partial charge >= 0.3 is 0 Å². The predicted molar refractivity (Wildman–Crippen MR) is 100 cm³/mol. The molecule has 0 aliphatic heterocycles. The first-order valence-electron chi connectivity index (χ1n) is 8.41. The zero-order chi connectivity index (χ0) is 17.2. The van der Waals surface area contributed by atoms with Crippen molar-refractivity contribution >= 4 is 27.7 Å². The third-order valence-electron chi connectivity index (χ3n) is 4.37. The number of amides is 1. The first-order valence-corrected chi connectivity index (χ1v) is 8.41. The van der Waals surface area contributed by atoms with Gasteiger partial charge in [0.1, 0.15) is 5.82 Å². The quantitative estimate of drug-likeness (QED) is 0.591. The Hall–Kier alpha value is -3.14. The number of nitrogens with zero attached hydrogens (tertiary/aromatic N) is 1. The molecule has 0 aliphatic rings. The first-order chi connectivity index (χ1) is 12.2. The number of carbonyl (C=O) groups is 1. The average molecular weight is 329 g/mol. The van der Waals surface area contributed by atoms with Crippen molar-refractivity contribution < 1.29 is 4.79 Å². The summed E-state index contributed by atoms with van der Waals surface area (Å²) in [6.07, 6.45) is 0.357. The second-order valence-corrected chi connectivity index (χ2v) is 6.29. The smallest absolute Gasteiger partial charge is 0.224 e. The van der Waals surface area contributed by atoms with Crippen LogP contribution in [0.1, 0.15) is 24.4 Å². The molecule has 2 N–H and O–H groups in total. The van der Waals surface area contributed by atoms with Crippen LogP contribution in [0.5, 0.6) is 0 Å². The topological polar surface area (TPSA) is 57.8 Å². The lowest BCUT2D eigenvalue weighted by Crippen LogP contribution is -2.28. The molecule has 0 aliphatic carbocycles. The number of benzene rings is 3.